The van der Waals surface area contributed by atoms with Gasteiger partial charge in [0.25, 0.3) is 0 Å². The van der Waals surface area contributed by atoms with Crippen molar-refractivity contribution in [2.45, 2.75) is 103 Å². The Morgan fingerprint density at radius 3 is 2.55 bits per heavy atom. The minimum Gasteiger partial charge on any atom is -0.506 e. The predicted octanol–water partition coefficient (Wildman–Crippen LogP) is 5.64. The van der Waals surface area contributed by atoms with Crippen LogP contribution in [-0.2, 0) is 5.41 Å². The van der Waals surface area contributed by atoms with E-state index in [1.807, 2.05) is 6.07 Å². The largest absolute Gasteiger partial charge is 0.506 e. The molecule has 0 bridgehead atoms. The Morgan fingerprint density at radius 2 is 1.84 bits per heavy atom. The van der Waals surface area contributed by atoms with E-state index in [1.54, 1.807) is 6.07 Å². The Labute approximate surface area is 189 Å². The highest BCUT2D eigenvalue weighted by atomic mass is 16.3. The van der Waals surface area contributed by atoms with E-state index in [0.29, 0.717) is 12.1 Å². The molecule has 1 heterocycles. The highest BCUT2D eigenvalue weighted by Crippen LogP contribution is 2.30. The fourth-order valence-electron chi connectivity index (χ4n) is 4.75. The molecule has 0 spiro atoms. The van der Waals surface area contributed by atoms with Gasteiger partial charge in [-0.15, -0.1) is 0 Å². The molecule has 1 saturated heterocycles. The summed E-state index contributed by atoms with van der Waals surface area (Å²) in [5.41, 5.74) is 1.96. The maximum Gasteiger partial charge on any atom is 0.196 e. The number of aromatic hydroxyl groups is 1. The SMILES string of the molecule is CC1CCCCN1CCCN=C(Nc1cc(C(C)(C)C)ccc1O)NC1CCCCC1. The van der Waals surface area contributed by atoms with Crippen LogP contribution in [0.15, 0.2) is 23.2 Å². The van der Waals surface area contributed by atoms with Gasteiger partial charge in [0.05, 0.1) is 5.69 Å². The molecule has 1 unspecified atom stereocenters. The Balaban J connectivity index is 1.66. The number of piperidine rings is 1. The van der Waals surface area contributed by atoms with Gasteiger partial charge in [-0.3, -0.25) is 4.99 Å². The fourth-order valence-corrected chi connectivity index (χ4v) is 4.75. The van der Waals surface area contributed by atoms with Gasteiger partial charge < -0.3 is 20.6 Å². The summed E-state index contributed by atoms with van der Waals surface area (Å²) in [6.07, 6.45) is 11.4. The number of phenols is 1. The lowest BCUT2D eigenvalue weighted by atomic mass is 9.87. The molecule has 1 aliphatic carbocycles. The Hall–Kier alpha value is -1.75. The zero-order chi connectivity index (χ0) is 22.3. The number of rotatable bonds is 6. The molecule has 0 amide bonds. The second kappa shape index (κ2) is 11.2. The van der Waals surface area contributed by atoms with Crippen LogP contribution in [0.2, 0.25) is 0 Å². The number of likely N-dealkylation sites (tertiary alicyclic amines) is 1. The number of benzene rings is 1. The van der Waals surface area contributed by atoms with Gasteiger partial charge in [-0.05, 0) is 68.7 Å². The van der Waals surface area contributed by atoms with Crippen molar-refractivity contribution < 1.29 is 5.11 Å². The number of aliphatic imine (C=N–C) groups is 1. The second-order valence-electron chi connectivity index (χ2n) is 10.6. The summed E-state index contributed by atoms with van der Waals surface area (Å²) in [5.74, 6) is 1.08. The Bertz CT molecular complexity index is 719. The molecule has 31 heavy (non-hydrogen) atoms. The van der Waals surface area contributed by atoms with Crippen molar-refractivity contribution in [3.63, 3.8) is 0 Å². The van der Waals surface area contributed by atoms with Crippen molar-refractivity contribution in [2.75, 3.05) is 25.0 Å². The summed E-state index contributed by atoms with van der Waals surface area (Å²) >= 11 is 0. The van der Waals surface area contributed by atoms with Gasteiger partial charge in [-0.2, -0.15) is 0 Å². The molecule has 1 aromatic rings. The van der Waals surface area contributed by atoms with Crippen LogP contribution in [-0.4, -0.2) is 47.7 Å². The molecule has 1 aliphatic heterocycles. The molecular weight excluding hydrogens is 384 g/mol. The average molecular weight is 429 g/mol. The summed E-state index contributed by atoms with van der Waals surface area (Å²) in [7, 11) is 0. The van der Waals surface area contributed by atoms with Gasteiger partial charge in [-0.1, -0.05) is 52.5 Å². The zero-order valence-electron chi connectivity index (χ0n) is 20.2. The van der Waals surface area contributed by atoms with E-state index in [0.717, 1.165) is 31.2 Å². The smallest absolute Gasteiger partial charge is 0.196 e. The number of anilines is 1. The predicted molar refractivity (Wildman–Crippen MR) is 132 cm³/mol. The Morgan fingerprint density at radius 1 is 1.10 bits per heavy atom. The van der Waals surface area contributed by atoms with Crippen LogP contribution in [0.3, 0.4) is 0 Å². The van der Waals surface area contributed by atoms with Crippen LogP contribution >= 0.6 is 0 Å². The quantitative estimate of drug-likeness (QED) is 0.237. The summed E-state index contributed by atoms with van der Waals surface area (Å²) in [6.45, 7) is 12.1. The molecule has 174 valence electrons. The minimum atomic E-state index is 0.0311. The molecule has 1 atom stereocenters. The summed E-state index contributed by atoms with van der Waals surface area (Å²) in [5, 5.41) is 17.6. The summed E-state index contributed by atoms with van der Waals surface area (Å²) < 4.78 is 0. The first-order valence-corrected chi connectivity index (χ1v) is 12.5. The third-order valence-electron chi connectivity index (χ3n) is 6.88. The fraction of sp³-hybridized carbons (Fsp3) is 0.731. The van der Waals surface area contributed by atoms with E-state index in [-0.39, 0.29) is 11.2 Å². The van der Waals surface area contributed by atoms with E-state index in [9.17, 15) is 5.11 Å². The molecule has 3 rings (SSSR count). The lowest BCUT2D eigenvalue weighted by Gasteiger charge is -2.33. The Kier molecular flexibility index (Phi) is 8.65. The summed E-state index contributed by atoms with van der Waals surface area (Å²) in [6, 6.07) is 7.02. The lowest BCUT2D eigenvalue weighted by molar-refractivity contribution is 0.160. The molecule has 1 saturated carbocycles. The van der Waals surface area contributed by atoms with Gasteiger partial charge in [0.1, 0.15) is 5.75 Å². The minimum absolute atomic E-state index is 0.0311. The van der Waals surface area contributed by atoms with Crippen LogP contribution in [0.5, 0.6) is 5.75 Å². The third kappa shape index (κ3) is 7.41. The van der Waals surface area contributed by atoms with Crippen molar-refractivity contribution in [1.82, 2.24) is 10.2 Å². The van der Waals surface area contributed by atoms with Crippen molar-refractivity contribution in [3.8, 4) is 5.75 Å². The van der Waals surface area contributed by atoms with E-state index in [2.05, 4.69) is 49.3 Å². The van der Waals surface area contributed by atoms with Crippen LogP contribution in [0, 0.1) is 0 Å². The topological polar surface area (TPSA) is 59.9 Å². The van der Waals surface area contributed by atoms with E-state index in [1.165, 1.54) is 63.5 Å². The van der Waals surface area contributed by atoms with Crippen molar-refractivity contribution >= 4 is 11.6 Å². The monoisotopic (exact) mass is 428 g/mol. The van der Waals surface area contributed by atoms with Gasteiger partial charge in [0.15, 0.2) is 5.96 Å². The first-order valence-electron chi connectivity index (χ1n) is 12.5. The van der Waals surface area contributed by atoms with Gasteiger partial charge in [0, 0.05) is 25.2 Å². The normalized spacial score (nSPS) is 21.8. The number of guanidine groups is 1. The molecule has 5 nitrogen and oxygen atoms in total. The highest BCUT2D eigenvalue weighted by Gasteiger charge is 2.19. The second-order valence-corrected chi connectivity index (χ2v) is 10.6. The first kappa shape index (κ1) is 23.9. The zero-order valence-corrected chi connectivity index (χ0v) is 20.2. The molecule has 2 aliphatic rings. The van der Waals surface area contributed by atoms with E-state index < -0.39 is 0 Å². The van der Waals surface area contributed by atoms with Crippen LogP contribution in [0.1, 0.15) is 91.0 Å². The van der Waals surface area contributed by atoms with Gasteiger partial charge in [-0.25, -0.2) is 0 Å². The molecular formula is C26H44N4O. The number of hydrogen-bond acceptors (Lipinski definition) is 3. The highest BCUT2D eigenvalue weighted by molar-refractivity contribution is 5.95. The molecule has 3 N–H and O–H groups in total. The lowest BCUT2D eigenvalue weighted by Crippen LogP contribution is -2.41. The first-order chi connectivity index (χ1) is 14.8. The van der Waals surface area contributed by atoms with Crippen molar-refractivity contribution in [1.29, 1.82) is 0 Å². The number of hydrogen-bond donors (Lipinski definition) is 3. The standard InChI is InChI=1S/C26H44N4O/c1-20-11-8-9-17-30(20)18-10-16-27-25(28-22-12-6-5-7-13-22)29-23-19-21(26(2,3)4)14-15-24(23)31/h14-15,19-20,22,31H,5-13,16-18H2,1-4H3,(H2,27,28,29). The molecule has 0 aromatic heterocycles. The van der Waals surface area contributed by atoms with Crippen LogP contribution in [0.25, 0.3) is 0 Å². The van der Waals surface area contributed by atoms with E-state index in [4.69, 9.17) is 4.99 Å². The maximum absolute atomic E-state index is 10.5. The number of nitrogens with one attached hydrogen (secondary N) is 2. The third-order valence-corrected chi connectivity index (χ3v) is 6.88. The molecule has 0 radical (unpaired) electrons. The van der Waals surface area contributed by atoms with Crippen molar-refractivity contribution in [3.05, 3.63) is 23.8 Å². The van der Waals surface area contributed by atoms with Crippen LogP contribution in [0.4, 0.5) is 5.69 Å². The number of nitrogens with zero attached hydrogens (tertiary/aromatic N) is 2. The molecule has 5 heteroatoms. The van der Waals surface area contributed by atoms with Crippen LogP contribution < -0.4 is 10.6 Å². The maximum atomic E-state index is 10.5. The average Bonchev–Trinajstić information content (AvgIpc) is 2.73. The van der Waals surface area contributed by atoms with Gasteiger partial charge in [0.2, 0.25) is 0 Å². The van der Waals surface area contributed by atoms with Crippen molar-refractivity contribution in [2.24, 2.45) is 4.99 Å². The van der Waals surface area contributed by atoms with Gasteiger partial charge >= 0.3 is 0 Å². The number of phenolic OH excluding ortho intramolecular Hbond substituents is 1. The van der Waals surface area contributed by atoms with E-state index >= 15 is 0 Å². The molecule has 2 fully saturated rings. The molecule has 1 aromatic carbocycles. The summed E-state index contributed by atoms with van der Waals surface area (Å²) in [4.78, 5) is 7.52.